The van der Waals surface area contributed by atoms with Gasteiger partial charge in [0.2, 0.25) is 15.9 Å². The molecule has 1 aromatic heterocycles. The number of nitrogens with zero attached hydrogens (tertiary/aromatic N) is 2. The predicted octanol–water partition coefficient (Wildman–Crippen LogP) is 5.02. The zero-order valence-electron chi connectivity index (χ0n) is 16.9. The molecule has 0 aliphatic carbocycles. The van der Waals surface area contributed by atoms with Gasteiger partial charge in [-0.3, -0.25) is 4.79 Å². The molecule has 1 heterocycles. The Bertz CT molecular complexity index is 1460. The molecular formula is C21H14ClF3N4O3S2. The van der Waals surface area contributed by atoms with Gasteiger partial charge in [0.25, 0.3) is 0 Å². The highest BCUT2D eigenvalue weighted by Crippen LogP contribution is 2.36. The first kappa shape index (κ1) is 24.1. The molecule has 176 valence electrons. The molecule has 13 heteroatoms. The minimum atomic E-state index is -4.74. The SMILES string of the molecule is O=C(Nc1ccc(Cl)c(C(F)(F)F)c1)C(NS(=O)(=O)c1cccc2nsnc12)c1ccccc1. The van der Waals surface area contributed by atoms with E-state index < -0.39 is 38.7 Å². The van der Waals surface area contributed by atoms with Crippen LogP contribution in [0.15, 0.2) is 71.6 Å². The monoisotopic (exact) mass is 526 g/mol. The van der Waals surface area contributed by atoms with Crippen LogP contribution in [0.5, 0.6) is 0 Å². The molecule has 1 atom stereocenters. The maximum Gasteiger partial charge on any atom is 0.417 e. The van der Waals surface area contributed by atoms with E-state index in [1.54, 1.807) is 24.3 Å². The molecule has 0 aliphatic rings. The number of aromatic nitrogens is 2. The smallest absolute Gasteiger partial charge is 0.324 e. The van der Waals surface area contributed by atoms with Gasteiger partial charge in [-0.15, -0.1) is 0 Å². The van der Waals surface area contributed by atoms with Crippen LogP contribution in [0.25, 0.3) is 11.0 Å². The summed E-state index contributed by atoms with van der Waals surface area (Å²) in [5.74, 6) is -0.895. The number of benzene rings is 3. The average Bonchev–Trinajstić information content (AvgIpc) is 3.27. The van der Waals surface area contributed by atoms with Crippen molar-refractivity contribution in [1.82, 2.24) is 13.5 Å². The number of sulfonamides is 1. The van der Waals surface area contributed by atoms with Crippen LogP contribution in [0, 0.1) is 0 Å². The Balaban J connectivity index is 1.69. The molecule has 1 amide bonds. The molecule has 1 unspecified atom stereocenters. The maximum atomic E-state index is 13.2. The van der Waals surface area contributed by atoms with Gasteiger partial charge in [0.15, 0.2) is 0 Å². The number of nitrogens with one attached hydrogen (secondary N) is 2. The number of fused-ring (bicyclic) bond motifs is 1. The Labute approximate surface area is 201 Å². The molecule has 0 aliphatic heterocycles. The van der Waals surface area contributed by atoms with Crippen molar-refractivity contribution in [2.45, 2.75) is 17.1 Å². The molecule has 34 heavy (non-hydrogen) atoms. The number of amides is 1. The third-order valence-corrected chi connectivity index (χ3v) is 7.07. The number of rotatable bonds is 6. The van der Waals surface area contributed by atoms with Crippen molar-refractivity contribution in [2.24, 2.45) is 0 Å². The van der Waals surface area contributed by atoms with Gasteiger partial charge in [0, 0.05) is 5.69 Å². The topological polar surface area (TPSA) is 101 Å². The number of hydrogen-bond acceptors (Lipinski definition) is 6. The van der Waals surface area contributed by atoms with Gasteiger partial charge in [-0.25, -0.2) is 8.42 Å². The molecule has 4 aromatic rings. The quantitative estimate of drug-likeness (QED) is 0.367. The van der Waals surface area contributed by atoms with Crippen molar-refractivity contribution in [3.05, 3.63) is 82.9 Å². The second-order valence-corrected chi connectivity index (χ2v) is 9.65. The summed E-state index contributed by atoms with van der Waals surface area (Å²) in [6.45, 7) is 0. The lowest BCUT2D eigenvalue weighted by atomic mass is 10.1. The zero-order chi connectivity index (χ0) is 24.5. The van der Waals surface area contributed by atoms with E-state index in [1.807, 2.05) is 0 Å². The van der Waals surface area contributed by atoms with Gasteiger partial charge in [-0.05, 0) is 35.9 Å². The number of alkyl halides is 3. The lowest BCUT2D eigenvalue weighted by Gasteiger charge is -2.20. The van der Waals surface area contributed by atoms with Crippen molar-refractivity contribution >= 4 is 56.0 Å². The minimum Gasteiger partial charge on any atom is -0.324 e. The Morgan fingerprint density at radius 3 is 2.44 bits per heavy atom. The van der Waals surface area contributed by atoms with Gasteiger partial charge in [-0.2, -0.15) is 26.6 Å². The maximum absolute atomic E-state index is 13.2. The highest BCUT2D eigenvalue weighted by atomic mass is 35.5. The van der Waals surface area contributed by atoms with E-state index >= 15 is 0 Å². The number of carbonyl (C=O) groups excluding carboxylic acids is 1. The number of hydrogen-bond donors (Lipinski definition) is 2. The summed E-state index contributed by atoms with van der Waals surface area (Å²) < 4.78 is 76.4. The van der Waals surface area contributed by atoms with E-state index in [0.717, 1.165) is 17.8 Å². The van der Waals surface area contributed by atoms with Gasteiger partial charge in [-0.1, -0.05) is 48.0 Å². The van der Waals surface area contributed by atoms with Gasteiger partial charge < -0.3 is 5.32 Å². The van der Waals surface area contributed by atoms with E-state index in [9.17, 15) is 26.4 Å². The van der Waals surface area contributed by atoms with Gasteiger partial charge >= 0.3 is 6.18 Å². The van der Waals surface area contributed by atoms with E-state index in [4.69, 9.17) is 11.6 Å². The zero-order valence-corrected chi connectivity index (χ0v) is 19.3. The van der Waals surface area contributed by atoms with Crippen LogP contribution in [0.3, 0.4) is 0 Å². The van der Waals surface area contributed by atoms with Crippen LogP contribution in [-0.2, 0) is 21.0 Å². The standard InChI is InChI=1S/C21H14ClF3N4O3S2/c22-15-10-9-13(11-14(15)21(23,24)25)26-20(30)18(12-5-2-1-3-6-12)29-34(31,32)17-8-4-7-16-19(17)28-33-27-16/h1-11,18,29H,(H,26,30). The molecule has 2 N–H and O–H groups in total. The summed E-state index contributed by atoms with van der Waals surface area (Å²) in [6, 6.07) is 13.7. The molecule has 0 radical (unpaired) electrons. The van der Waals surface area contributed by atoms with Gasteiger partial charge in [0.1, 0.15) is 22.0 Å². The van der Waals surface area contributed by atoms with Crippen LogP contribution in [0.1, 0.15) is 17.2 Å². The van der Waals surface area contributed by atoms with Crippen LogP contribution in [-0.4, -0.2) is 23.1 Å². The molecule has 0 saturated heterocycles. The molecule has 7 nitrogen and oxygen atoms in total. The molecule has 0 fully saturated rings. The van der Waals surface area contributed by atoms with E-state index in [-0.39, 0.29) is 21.7 Å². The fourth-order valence-electron chi connectivity index (χ4n) is 3.17. The Hall–Kier alpha value is -3.06. The first-order valence-electron chi connectivity index (χ1n) is 9.52. The minimum absolute atomic E-state index is 0.139. The molecule has 0 bridgehead atoms. The van der Waals surface area contributed by atoms with Gasteiger partial charge in [0.05, 0.1) is 22.3 Å². The van der Waals surface area contributed by atoms with Crippen molar-refractivity contribution in [3.8, 4) is 0 Å². The summed E-state index contributed by atoms with van der Waals surface area (Å²) in [4.78, 5) is 12.9. The largest absolute Gasteiger partial charge is 0.417 e. The Morgan fingerprint density at radius 1 is 1.00 bits per heavy atom. The summed E-state index contributed by atoms with van der Waals surface area (Å²) in [5, 5.41) is 1.80. The molecule has 3 aromatic carbocycles. The molecule has 4 rings (SSSR count). The third kappa shape index (κ3) is 5.04. The predicted molar refractivity (Wildman–Crippen MR) is 122 cm³/mol. The first-order chi connectivity index (χ1) is 16.1. The van der Waals surface area contributed by atoms with Crippen molar-refractivity contribution in [3.63, 3.8) is 0 Å². The second-order valence-electron chi connectivity index (χ2n) is 7.03. The lowest BCUT2D eigenvalue weighted by Crippen LogP contribution is -2.37. The van der Waals surface area contributed by atoms with E-state index in [0.29, 0.717) is 11.6 Å². The lowest BCUT2D eigenvalue weighted by molar-refractivity contribution is -0.137. The molecule has 0 spiro atoms. The summed E-state index contributed by atoms with van der Waals surface area (Å²) in [6.07, 6.45) is -4.74. The Morgan fingerprint density at radius 2 is 1.74 bits per heavy atom. The Kier molecular flexibility index (Phi) is 6.58. The summed E-state index contributed by atoms with van der Waals surface area (Å²) in [5.41, 5.74) is -0.550. The van der Waals surface area contributed by atoms with E-state index in [2.05, 4.69) is 18.8 Å². The normalized spacial score (nSPS) is 13.1. The average molecular weight is 527 g/mol. The van der Waals surface area contributed by atoms with E-state index in [1.165, 1.54) is 30.3 Å². The molecule has 0 saturated carbocycles. The summed E-state index contributed by atoms with van der Waals surface area (Å²) >= 11 is 6.47. The van der Waals surface area contributed by atoms with Crippen molar-refractivity contribution < 1.29 is 26.4 Å². The van der Waals surface area contributed by atoms with Crippen molar-refractivity contribution in [1.29, 1.82) is 0 Å². The van der Waals surface area contributed by atoms with Crippen LogP contribution < -0.4 is 10.0 Å². The number of carbonyl (C=O) groups is 1. The number of halogens is 4. The van der Waals surface area contributed by atoms with Crippen molar-refractivity contribution in [2.75, 3.05) is 5.32 Å². The first-order valence-corrected chi connectivity index (χ1v) is 12.1. The fraction of sp³-hybridized carbons (Fsp3) is 0.0952. The molecular weight excluding hydrogens is 513 g/mol. The number of anilines is 1. The fourth-order valence-corrected chi connectivity index (χ4v) is 5.34. The van der Waals surface area contributed by atoms with Crippen LogP contribution in [0.2, 0.25) is 5.02 Å². The highest BCUT2D eigenvalue weighted by Gasteiger charge is 2.34. The second kappa shape index (κ2) is 9.29. The summed E-state index contributed by atoms with van der Waals surface area (Å²) in [7, 11) is -4.29. The third-order valence-electron chi connectivity index (χ3n) is 4.75. The van der Waals surface area contributed by atoms with Crippen LogP contribution in [0.4, 0.5) is 18.9 Å². The highest BCUT2D eigenvalue weighted by molar-refractivity contribution is 7.89. The van der Waals surface area contributed by atoms with Crippen LogP contribution >= 0.6 is 23.3 Å².